The van der Waals surface area contributed by atoms with E-state index in [1.165, 1.54) is 17.4 Å². The second kappa shape index (κ2) is 9.94. The van der Waals surface area contributed by atoms with Gasteiger partial charge >= 0.3 is 6.09 Å². The van der Waals surface area contributed by atoms with Crippen LogP contribution in [0.4, 0.5) is 9.80 Å². The highest BCUT2D eigenvalue weighted by Gasteiger charge is 2.27. The Morgan fingerprint density at radius 1 is 1.30 bits per heavy atom. The van der Waals surface area contributed by atoms with Crippen molar-refractivity contribution in [3.63, 3.8) is 0 Å². The monoisotopic (exact) mass is 425 g/mol. The van der Waals surface area contributed by atoms with Crippen LogP contribution in [-0.4, -0.2) is 36.7 Å². The second-order valence-electron chi connectivity index (χ2n) is 6.48. The number of para-hydroxylation sites is 1. The van der Waals surface area contributed by atoms with Crippen molar-refractivity contribution in [3.05, 3.63) is 51.9 Å². The highest BCUT2D eigenvalue weighted by molar-refractivity contribution is 7.16. The summed E-state index contributed by atoms with van der Waals surface area (Å²) < 4.78 is 10.6. The van der Waals surface area contributed by atoms with Crippen LogP contribution in [0.1, 0.15) is 35.4 Å². The second-order valence-corrected chi connectivity index (χ2v) is 7.59. The molecule has 2 heterocycles. The molecule has 1 aromatic carbocycles. The zero-order valence-corrected chi connectivity index (χ0v) is 17.8. The average molecular weight is 426 g/mol. The fraction of sp³-hybridized carbons (Fsp3) is 0.318. The first-order valence-electron chi connectivity index (χ1n) is 9.74. The van der Waals surface area contributed by atoms with E-state index in [9.17, 15) is 14.9 Å². The molecule has 156 valence electrons. The molecule has 1 aliphatic rings. The van der Waals surface area contributed by atoms with Gasteiger partial charge in [0.2, 0.25) is 5.91 Å². The number of carbonyl (C=O) groups excluding carboxylic acids is 2. The van der Waals surface area contributed by atoms with Crippen LogP contribution in [0.15, 0.2) is 30.3 Å². The largest absolute Gasteiger partial charge is 0.493 e. The standard InChI is InChI=1S/C22H23N3O4S/c1-3-28-18-8-6-5-7-15(18)9-10-20(26)24-21-17(13-23)16-11-12-25(14-19(16)30-21)22(27)29-4-2/h5-10H,3-4,11-12,14H2,1-2H3,(H,24,26)/b10-9+. The van der Waals surface area contributed by atoms with E-state index < -0.39 is 0 Å². The van der Waals surface area contributed by atoms with Gasteiger partial charge < -0.3 is 19.7 Å². The van der Waals surface area contributed by atoms with Crippen LogP contribution >= 0.6 is 11.3 Å². The summed E-state index contributed by atoms with van der Waals surface area (Å²) in [5.41, 5.74) is 2.16. The van der Waals surface area contributed by atoms with E-state index in [1.807, 2.05) is 31.2 Å². The molecule has 7 nitrogen and oxygen atoms in total. The molecule has 0 spiro atoms. The Balaban J connectivity index is 1.74. The smallest absolute Gasteiger partial charge is 0.410 e. The Morgan fingerprint density at radius 2 is 2.10 bits per heavy atom. The van der Waals surface area contributed by atoms with Gasteiger partial charge in [0.15, 0.2) is 0 Å². The topological polar surface area (TPSA) is 91.7 Å². The van der Waals surface area contributed by atoms with Gasteiger partial charge in [-0.3, -0.25) is 4.79 Å². The van der Waals surface area contributed by atoms with Crippen molar-refractivity contribution in [2.45, 2.75) is 26.8 Å². The number of nitriles is 1. The minimum absolute atomic E-state index is 0.316. The summed E-state index contributed by atoms with van der Waals surface area (Å²) in [7, 11) is 0. The molecule has 0 unspecified atom stereocenters. The van der Waals surface area contributed by atoms with Crippen LogP contribution in [0.5, 0.6) is 5.75 Å². The number of nitrogens with zero attached hydrogens (tertiary/aromatic N) is 2. The molecule has 0 aliphatic carbocycles. The normalized spacial score (nSPS) is 12.9. The van der Waals surface area contributed by atoms with Crippen LogP contribution < -0.4 is 10.1 Å². The molecular weight excluding hydrogens is 402 g/mol. The zero-order valence-electron chi connectivity index (χ0n) is 16.9. The van der Waals surface area contributed by atoms with E-state index in [2.05, 4.69) is 11.4 Å². The summed E-state index contributed by atoms with van der Waals surface area (Å²) in [4.78, 5) is 27.0. The van der Waals surface area contributed by atoms with Crippen LogP contribution in [0, 0.1) is 11.3 Å². The van der Waals surface area contributed by atoms with Crippen molar-refractivity contribution in [3.8, 4) is 11.8 Å². The van der Waals surface area contributed by atoms with E-state index in [0.29, 0.717) is 49.0 Å². The first-order chi connectivity index (χ1) is 14.6. The summed E-state index contributed by atoms with van der Waals surface area (Å²) in [5.74, 6) is 0.367. The van der Waals surface area contributed by atoms with Gasteiger partial charge in [-0.15, -0.1) is 11.3 Å². The van der Waals surface area contributed by atoms with Gasteiger partial charge in [0.1, 0.15) is 16.8 Å². The maximum atomic E-state index is 12.5. The van der Waals surface area contributed by atoms with Crippen LogP contribution in [0.2, 0.25) is 0 Å². The van der Waals surface area contributed by atoms with E-state index in [1.54, 1.807) is 17.9 Å². The lowest BCUT2D eigenvalue weighted by atomic mass is 10.0. The Kier molecular flexibility index (Phi) is 7.09. The molecule has 3 rings (SSSR count). The molecule has 2 amide bonds. The molecule has 0 saturated carbocycles. The van der Waals surface area contributed by atoms with E-state index >= 15 is 0 Å². The molecule has 0 saturated heterocycles. The molecule has 0 atom stereocenters. The molecule has 30 heavy (non-hydrogen) atoms. The number of amides is 2. The number of ether oxygens (including phenoxy) is 2. The Bertz CT molecular complexity index is 1010. The minimum atomic E-state index is -0.364. The maximum absolute atomic E-state index is 12.5. The number of hydrogen-bond donors (Lipinski definition) is 1. The van der Waals surface area contributed by atoms with Crippen LogP contribution in [0.3, 0.4) is 0 Å². The van der Waals surface area contributed by atoms with Crippen molar-refractivity contribution in [1.82, 2.24) is 4.90 Å². The van der Waals surface area contributed by atoms with E-state index in [0.717, 1.165) is 16.0 Å². The number of benzene rings is 1. The molecule has 1 aromatic heterocycles. The number of thiophene rings is 1. The fourth-order valence-corrected chi connectivity index (χ4v) is 4.42. The lowest BCUT2D eigenvalue weighted by Gasteiger charge is -2.25. The number of rotatable bonds is 6. The highest BCUT2D eigenvalue weighted by Crippen LogP contribution is 2.36. The van der Waals surface area contributed by atoms with Gasteiger partial charge in [-0.1, -0.05) is 18.2 Å². The van der Waals surface area contributed by atoms with Gasteiger partial charge in [-0.2, -0.15) is 5.26 Å². The molecular formula is C22H23N3O4S. The Morgan fingerprint density at radius 3 is 2.83 bits per heavy atom. The van der Waals surface area contributed by atoms with Gasteiger partial charge in [0.25, 0.3) is 0 Å². The number of carbonyl (C=O) groups is 2. The number of nitrogens with one attached hydrogen (secondary N) is 1. The van der Waals surface area contributed by atoms with Crippen LogP contribution in [-0.2, 0) is 22.5 Å². The molecule has 1 aliphatic heterocycles. The zero-order chi connectivity index (χ0) is 21.5. The summed E-state index contributed by atoms with van der Waals surface area (Å²) >= 11 is 1.32. The van der Waals surface area contributed by atoms with Crippen molar-refractivity contribution < 1.29 is 19.1 Å². The number of fused-ring (bicyclic) bond motifs is 1. The van der Waals surface area contributed by atoms with Gasteiger partial charge in [0, 0.05) is 23.1 Å². The molecule has 0 radical (unpaired) electrons. The maximum Gasteiger partial charge on any atom is 0.410 e. The summed E-state index contributed by atoms with van der Waals surface area (Å²) in [5, 5.41) is 12.9. The molecule has 0 fully saturated rings. The third kappa shape index (κ3) is 4.81. The van der Waals surface area contributed by atoms with Crippen LogP contribution in [0.25, 0.3) is 6.08 Å². The van der Waals surface area contributed by atoms with Crippen molar-refractivity contribution in [1.29, 1.82) is 5.26 Å². The third-order valence-corrected chi connectivity index (χ3v) is 5.70. The molecule has 0 bridgehead atoms. The minimum Gasteiger partial charge on any atom is -0.493 e. The third-order valence-electron chi connectivity index (χ3n) is 4.56. The first kappa shape index (κ1) is 21.4. The average Bonchev–Trinajstić information content (AvgIpc) is 3.09. The SMILES string of the molecule is CCOC(=O)N1CCc2c(sc(NC(=O)/C=C/c3ccccc3OCC)c2C#N)C1. The Labute approximate surface area is 179 Å². The predicted molar refractivity (Wildman–Crippen MR) is 115 cm³/mol. The van der Waals surface area contributed by atoms with Gasteiger partial charge in [-0.25, -0.2) is 4.79 Å². The predicted octanol–water partition coefficient (Wildman–Crippen LogP) is 4.18. The van der Waals surface area contributed by atoms with Gasteiger partial charge in [0.05, 0.1) is 25.3 Å². The lowest BCUT2D eigenvalue weighted by molar-refractivity contribution is -0.111. The highest BCUT2D eigenvalue weighted by atomic mass is 32.1. The van der Waals surface area contributed by atoms with Crippen molar-refractivity contribution >= 4 is 34.4 Å². The summed E-state index contributed by atoms with van der Waals surface area (Å²) in [6.07, 6.45) is 3.29. The van der Waals surface area contributed by atoms with E-state index in [4.69, 9.17) is 9.47 Å². The number of hydrogen-bond acceptors (Lipinski definition) is 6. The van der Waals surface area contributed by atoms with Crippen molar-refractivity contribution in [2.24, 2.45) is 0 Å². The molecule has 8 heteroatoms. The van der Waals surface area contributed by atoms with E-state index in [-0.39, 0.29) is 12.0 Å². The fourth-order valence-electron chi connectivity index (χ4n) is 3.20. The molecule has 2 aromatic rings. The lowest BCUT2D eigenvalue weighted by Crippen LogP contribution is -2.35. The number of anilines is 1. The molecule has 1 N–H and O–H groups in total. The summed E-state index contributed by atoms with van der Waals surface area (Å²) in [6.45, 7) is 5.38. The Hall–Kier alpha value is -3.31. The van der Waals surface area contributed by atoms with Gasteiger partial charge in [-0.05, 0) is 38.0 Å². The summed E-state index contributed by atoms with van der Waals surface area (Å²) in [6, 6.07) is 9.65. The quantitative estimate of drug-likeness (QED) is 0.701. The first-order valence-corrected chi connectivity index (χ1v) is 10.6. The van der Waals surface area contributed by atoms with Crippen molar-refractivity contribution in [2.75, 3.05) is 25.1 Å².